The highest BCUT2D eigenvalue weighted by Crippen LogP contribution is 2.23. The second-order valence-corrected chi connectivity index (χ2v) is 9.05. The van der Waals surface area contributed by atoms with Crippen molar-refractivity contribution >= 4 is 15.7 Å². The summed E-state index contributed by atoms with van der Waals surface area (Å²) < 4.78 is 36.7. The second-order valence-electron chi connectivity index (χ2n) is 6.60. The van der Waals surface area contributed by atoms with Gasteiger partial charge in [-0.3, -0.25) is 14.8 Å². The third-order valence-corrected chi connectivity index (χ3v) is 6.74. The first kappa shape index (κ1) is 20.8. The van der Waals surface area contributed by atoms with E-state index in [-0.39, 0.29) is 18.8 Å². The largest absolute Gasteiger partial charge is 0.315 e. The van der Waals surface area contributed by atoms with Crippen LogP contribution in [0.1, 0.15) is 18.9 Å². The van der Waals surface area contributed by atoms with Crippen molar-refractivity contribution in [2.75, 3.05) is 6.26 Å². The van der Waals surface area contributed by atoms with Gasteiger partial charge in [-0.15, -0.1) is 0 Å². The molecular weight excluding hydrogens is 375 g/mol. The van der Waals surface area contributed by atoms with E-state index < -0.39 is 26.1 Å². The Balaban J connectivity index is 2.29. The molecule has 0 aliphatic carbocycles. The minimum atomic E-state index is -3.84. The molecule has 0 bridgehead atoms. The molecule has 2 aromatic rings. The number of sulfone groups is 1. The zero-order valence-corrected chi connectivity index (χ0v) is 16.0. The molecule has 0 aliphatic rings. The van der Waals surface area contributed by atoms with E-state index >= 15 is 0 Å². The molecular formula is C18H21FN2O5S. The monoisotopic (exact) mass is 396 g/mol. The maximum Gasteiger partial charge on any atom is 0.264 e. The number of halogens is 1. The molecule has 0 spiro atoms. The predicted molar refractivity (Wildman–Crippen MR) is 98.6 cm³/mol. The highest BCUT2D eigenvalue weighted by Gasteiger charge is 2.43. The molecule has 9 heteroatoms. The van der Waals surface area contributed by atoms with Crippen molar-refractivity contribution in [3.8, 4) is 11.1 Å². The molecule has 0 radical (unpaired) electrons. The number of rotatable bonds is 6. The molecule has 1 aromatic carbocycles. The van der Waals surface area contributed by atoms with Crippen molar-refractivity contribution in [2.24, 2.45) is 0 Å². The molecule has 0 aliphatic heterocycles. The van der Waals surface area contributed by atoms with Crippen LogP contribution in [0.3, 0.4) is 0 Å². The van der Waals surface area contributed by atoms with Crippen LogP contribution in [-0.2, 0) is 21.2 Å². The van der Waals surface area contributed by atoms with Gasteiger partial charge in [0, 0.05) is 25.1 Å². The number of aromatic nitrogens is 1. The molecule has 1 atom stereocenters. The first-order valence-corrected chi connectivity index (χ1v) is 10.00. The number of pyridine rings is 1. The number of hydrogen-bond acceptors (Lipinski definition) is 5. The first-order valence-electron chi connectivity index (χ1n) is 8.11. The summed E-state index contributed by atoms with van der Waals surface area (Å²) in [7, 11) is -3.84. The maximum absolute atomic E-state index is 13.4. The topological polar surface area (TPSA) is 105 Å². The van der Waals surface area contributed by atoms with Crippen molar-refractivity contribution in [3.05, 3.63) is 58.3 Å². The summed E-state index contributed by atoms with van der Waals surface area (Å²) in [6.07, 6.45) is 2.17. The smallest absolute Gasteiger partial charge is 0.264 e. The standard InChI is InChI=1S/C18H21FN2O5S/c1-12-10-13(4-5-15(12)19)14-6-8-21(16(22)11-14)9-7-18(2,17(23)20-24)27(3,25)26/h4-6,8,10-11,24H,7,9H2,1-3H3,(H,20,23)/t18-/m1/s1. The predicted octanol–water partition coefficient (Wildman–Crippen LogP) is 1.66. The average molecular weight is 396 g/mol. The van der Waals surface area contributed by atoms with Crippen LogP contribution in [0.15, 0.2) is 41.3 Å². The fourth-order valence-corrected chi connectivity index (χ4v) is 3.46. The molecule has 7 nitrogen and oxygen atoms in total. The first-order chi connectivity index (χ1) is 12.5. The van der Waals surface area contributed by atoms with Crippen LogP contribution < -0.4 is 11.0 Å². The number of hydroxylamine groups is 1. The van der Waals surface area contributed by atoms with Gasteiger partial charge in [-0.2, -0.15) is 0 Å². The van der Waals surface area contributed by atoms with Crippen LogP contribution in [0.4, 0.5) is 4.39 Å². The van der Waals surface area contributed by atoms with Crippen molar-refractivity contribution < 1.29 is 22.8 Å². The van der Waals surface area contributed by atoms with Crippen molar-refractivity contribution in [1.29, 1.82) is 0 Å². The lowest BCUT2D eigenvalue weighted by Crippen LogP contribution is -2.49. The number of nitrogens with zero attached hydrogens (tertiary/aromatic N) is 1. The number of benzene rings is 1. The van der Waals surface area contributed by atoms with Gasteiger partial charge >= 0.3 is 0 Å². The molecule has 146 valence electrons. The normalized spacial score (nSPS) is 13.8. The number of carbonyl (C=O) groups is 1. The average Bonchev–Trinajstić information content (AvgIpc) is 2.60. The molecule has 1 heterocycles. The van der Waals surface area contributed by atoms with E-state index in [2.05, 4.69) is 0 Å². The Labute approximate surface area is 156 Å². The van der Waals surface area contributed by atoms with Crippen molar-refractivity contribution in [1.82, 2.24) is 10.0 Å². The fraction of sp³-hybridized carbons (Fsp3) is 0.333. The Morgan fingerprint density at radius 1 is 1.26 bits per heavy atom. The van der Waals surface area contributed by atoms with Crippen LogP contribution in [0.5, 0.6) is 0 Å². The van der Waals surface area contributed by atoms with Gasteiger partial charge in [0.15, 0.2) is 14.6 Å². The number of hydrogen-bond donors (Lipinski definition) is 2. The SMILES string of the molecule is Cc1cc(-c2ccn(CC[C@](C)(C(=O)NO)S(C)(=O)=O)c(=O)c2)ccc1F. The molecule has 0 fully saturated rings. The van der Waals surface area contributed by atoms with Crippen molar-refractivity contribution in [2.45, 2.75) is 31.6 Å². The quantitative estimate of drug-likeness (QED) is 0.571. The molecule has 2 N–H and O–H groups in total. The zero-order chi connectivity index (χ0) is 20.4. The van der Waals surface area contributed by atoms with E-state index in [4.69, 9.17) is 5.21 Å². The van der Waals surface area contributed by atoms with E-state index in [9.17, 15) is 22.4 Å². The number of carbonyl (C=O) groups excluding carboxylic acids is 1. The van der Waals surface area contributed by atoms with E-state index in [0.29, 0.717) is 16.7 Å². The van der Waals surface area contributed by atoms with E-state index in [1.165, 1.54) is 35.3 Å². The van der Waals surface area contributed by atoms with Crippen molar-refractivity contribution in [3.63, 3.8) is 0 Å². The van der Waals surface area contributed by atoms with Crippen LogP contribution in [0, 0.1) is 12.7 Å². The molecule has 27 heavy (non-hydrogen) atoms. The molecule has 0 saturated heterocycles. The van der Waals surface area contributed by atoms with Gasteiger partial charge in [0.25, 0.3) is 11.5 Å². The summed E-state index contributed by atoms with van der Waals surface area (Å²) in [6.45, 7) is 2.77. The summed E-state index contributed by atoms with van der Waals surface area (Å²) in [5, 5.41) is 8.83. The van der Waals surface area contributed by atoms with E-state index in [0.717, 1.165) is 6.26 Å². The van der Waals surface area contributed by atoms with Crippen LogP contribution in [0.25, 0.3) is 11.1 Å². The van der Waals surface area contributed by atoms with Crippen LogP contribution in [0.2, 0.25) is 0 Å². The Bertz CT molecular complexity index is 1030. The third-order valence-electron chi connectivity index (χ3n) is 4.72. The summed E-state index contributed by atoms with van der Waals surface area (Å²) >= 11 is 0. The van der Waals surface area contributed by atoms with Crippen LogP contribution >= 0.6 is 0 Å². The maximum atomic E-state index is 13.4. The Morgan fingerprint density at radius 3 is 2.41 bits per heavy atom. The summed E-state index contributed by atoms with van der Waals surface area (Å²) in [5.74, 6) is -1.40. The summed E-state index contributed by atoms with van der Waals surface area (Å²) in [4.78, 5) is 24.2. The van der Waals surface area contributed by atoms with E-state index in [1.54, 1.807) is 25.1 Å². The Hall–Kier alpha value is -2.52. The molecule has 0 saturated carbocycles. The molecule has 2 rings (SSSR count). The minimum absolute atomic E-state index is 0.0431. The highest BCUT2D eigenvalue weighted by molar-refractivity contribution is 7.92. The second kappa shape index (κ2) is 7.61. The molecule has 1 amide bonds. The highest BCUT2D eigenvalue weighted by atomic mass is 32.2. The lowest BCUT2D eigenvalue weighted by Gasteiger charge is -2.25. The summed E-state index contributed by atoms with van der Waals surface area (Å²) in [6, 6.07) is 7.52. The number of nitrogens with one attached hydrogen (secondary N) is 1. The molecule has 0 unspecified atom stereocenters. The number of amides is 1. The minimum Gasteiger partial charge on any atom is -0.315 e. The molecule has 1 aromatic heterocycles. The van der Waals surface area contributed by atoms with Gasteiger partial charge in [-0.1, -0.05) is 6.07 Å². The third kappa shape index (κ3) is 4.25. The Morgan fingerprint density at radius 2 is 1.89 bits per heavy atom. The van der Waals surface area contributed by atoms with E-state index in [1.807, 2.05) is 0 Å². The van der Waals surface area contributed by atoms with Gasteiger partial charge in [0.05, 0.1) is 0 Å². The van der Waals surface area contributed by atoms with Gasteiger partial charge < -0.3 is 4.57 Å². The van der Waals surface area contributed by atoms with Gasteiger partial charge in [-0.05, 0) is 55.2 Å². The lowest BCUT2D eigenvalue weighted by molar-refractivity contribution is -0.131. The van der Waals surface area contributed by atoms with Gasteiger partial charge in [0.2, 0.25) is 0 Å². The summed E-state index contributed by atoms with van der Waals surface area (Å²) in [5.41, 5.74) is 2.70. The Kier molecular flexibility index (Phi) is 5.86. The van der Waals surface area contributed by atoms with Gasteiger partial charge in [0.1, 0.15) is 5.82 Å². The fourth-order valence-electron chi connectivity index (χ4n) is 2.62. The van der Waals surface area contributed by atoms with Gasteiger partial charge in [-0.25, -0.2) is 18.3 Å². The van der Waals surface area contributed by atoms with Crippen LogP contribution in [-0.4, -0.2) is 35.1 Å². The zero-order valence-electron chi connectivity index (χ0n) is 15.2. The lowest BCUT2D eigenvalue weighted by atomic mass is 10.0. The number of aryl methyl sites for hydroxylation is 2.